The van der Waals surface area contributed by atoms with Crippen LogP contribution >= 0.6 is 10.3 Å². The highest BCUT2D eigenvalue weighted by Crippen LogP contribution is 2.80. The Morgan fingerprint density at radius 1 is 1.24 bits per heavy atom. The Morgan fingerprint density at radius 2 is 1.86 bits per heavy atom. The molecule has 2 aliphatic rings. The number of alkyl halides is 3. The smallest absolute Gasteiger partial charge is 0.203 e. The van der Waals surface area contributed by atoms with Gasteiger partial charge in [-0.1, -0.05) is 18.2 Å². The monoisotopic (exact) mass is 338 g/mol. The Bertz CT molecular complexity index is 720. The summed E-state index contributed by atoms with van der Waals surface area (Å²) in [5.41, 5.74) is -4.37. The van der Waals surface area contributed by atoms with Crippen molar-refractivity contribution in [3.63, 3.8) is 0 Å². The maximum atomic E-state index is 13.9. The highest BCUT2D eigenvalue weighted by molar-refractivity contribution is 8.36. The molecule has 8 heteroatoms. The SMILES string of the molecule is CS(=O)(=O)OS1(C(F)(F)F)C(C2CC2)=Cc2ccccc21. The third-order valence-corrected chi connectivity index (χ3v) is 7.95. The van der Waals surface area contributed by atoms with E-state index in [9.17, 15) is 21.6 Å². The number of rotatable bonds is 3. The first-order valence-corrected chi connectivity index (χ1v) is 9.64. The summed E-state index contributed by atoms with van der Waals surface area (Å²) in [6, 6.07) is 5.98. The third kappa shape index (κ3) is 2.39. The zero-order valence-corrected chi connectivity index (χ0v) is 12.7. The minimum Gasteiger partial charge on any atom is -0.203 e. The van der Waals surface area contributed by atoms with E-state index in [0.29, 0.717) is 24.7 Å². The first-order valence-electron chi connectivity index (χ1n) is 6.26. The predicted molar refractivity (Wildman–Crippen MR) is 75.0 cm³/mol. The van der Waals surface area contributed by atoms with Crippen molar-refractivity contribution in [3.8, 4) is 0 Å². The molecule has 116 valence electrons. The summed E-state index contributed by atoms with van der Waals surface area (Å²) in [7, 11) is -8.25. The van der Waals surface area contributed by atoms with Gasteiger partial charge in [0.15, 0.2) is 0 Å². The molecule has 3 nitrogen and oxygen atoms in total. The van der Waals surface area contributed by atoms with Crippen molar-refractivity contribution < 1.29 is 25.2 Å². The van der Waals surface area contributed by atoms with Gasteiger partial charge in [0.25, 0.3) is 10.1 Å². The number of hydrogen-bond acceptors (Lipinski definition) is 3. The molecule has 21 heavy (non-hydrogen) atoms. The normalized spacial score (nSPS) is 28.7. The second-order valence-electron chi connectivity index (χ2n) is 5.13. The van der Waals surface area contributed by atoms with Crippen molar-refractivity contribution in [2.75, 3.05) is 6.26 Å². The lowest BCUT2D eigenvalue weighted by Gasteiger charge is -2.39. The molecule has 0 bridgehead atoms. The standard InChI is InChI=1S/C13H13F3O3S2/c1-20(17,18)19-21(13(14,15)16)11-5-3-2-4-10(11)8-12(21)9-6-7-9/h2-5,8-9H,6-7H2,1H3. The van der Waals surface area contributed by atoms with Gasteiger partial charge in [-0.25, -0.2) is 3.63 Å². The van der Waals surface area contributed by atoms with Gasteiger partial charge < -0.3 is 0 Å². The van der Waals surface area contributed by atoms with Crippen LogP contribution in [0.5, 0.6) is 0 Å². The van der Waals surface area contributed by atoms with Gasteiger partial charge in [-0.2, -0.15) is 21.6 Å². The van der Waals surface area contributed by atoms with Crippen molar-refractivity contribution in [1.82, 2.24) is 0 Å². The van der Waals surface area contributed by atoms with Crippen LogP contribution in [0, 0.1) is 5.92 Å². The average Bonchev–Trinajstić information content (AvgIpc) is 3.11. The number of hydrogen-bond donors (Lipinski definition) is 0. The van der Waals surface area contributed by atoms with Gasteiger partial charge in [0.2, 0.25) is 0 Å². The molecule has 1 aliphatic carbocycles. The van der Waals surface area contributed by atoms with Crippen LogP contribution in [0.2, 0.25) is 0 Å². The van der Waals surface area contributed by atoms with Gasteiger partial charge in [0.05, 0.1) is 6.26 Å². The first-order chi connectivity index (χ1) is 9.65. The Kier molecular flexibility index (Phi) is 3.20. The number of fused-ring (bicyclic) bond motifs is 1. The van der Waals surface area contributed by atoms with E-state index in [1.807, 2.05) is 0 Å². The second kappa shape index (κ2) is 4.50. The van der Waals surface area contributed by atoms with Crippen molar-refractivity contribution in [2.45, 2.75) is 23.2 Å². The van der Waals surface area contributed by atoms with Crippen molar-refractivity contribution >= 4 is 26.5 Å². The summed E-state index contributed by atoms with van der Waals surface area (Å²) >= 11 is 0. The van der Waals surface area contributed by atoms with Crippen molar-refractivity contribution in [2.24, 2.45) is 5.92 Å². The molecule has 1 unspecified atom stereocenters. The Morgan fingerprint density at radius 3 is 2.38 bits per heavy atom. The Labute approximate surface area is 122 Å². The predicted octanol–water partition coefficient (Wildman–Crippen LogP) is 4.03. The molecular weight excluding hydrogens is 325 g/mol. The van der Waals surface area contributed by atoms with E-state index in [0.717, 1.165) is 0 Å². The number of halogens is 3. The molecule has 1 saturated carbocycles. The zero-order valence-electron chi connectivity index (χ0n) is 11.1. The van der Waals surface area contributed by atoms with E-state index in [-0.39, 0.29) is 15.7 Å². The maximum absolute atomic E-state index is 13.9. The average molecular weight is 338 g/mol. The maximum Gasteiger partial charge on any atom is 0.456 e. The molecule has 1 aliphatic heterocycles. The van der Waals surface area contributed by atoms with Crippen molar-refractivity contribution in [1.29, 1.82) is 0 Å². The summed E-state index contributed by atoms with van der Waals surface area (Å²) in [5.74, 6) is -0.240. The molecule has 1 fully saturated rings. The van der Waals surface area contributed by atoms with Gasteiger partial charge in [-0.05, 0) is 36.5 Å². The summed E-state index contributed by atoms with van der Waals surface area (Å²) in [4.78, 5) is 0.0199. The van der Waals surface area contributed by atoms with Crippen LogP contribution in [-0.4, -0.2) is 20.2 Å². The molecule has 0 radical (unpaired) electrons. The fraction of sp³-hybridized carbons (Fsp3) is 0.385. The topological polar surface area (TPSA) is 43.4 Å². The fourth-order valence-corrected chi connectivity index (χ4v) is 7.40. The molecule has 0 N–H and O–H groups in total. The largest absolute Gasteiger partial charge is 0.456 e. The molecule has 3 rings (SSSR count). The van der Waals surface area contributed by atoms with E-state index in [2.05, 4.69) is 0 Å². The molecule has 1 atom stereocenters. The van der Waals surface area contributed by atoms with Crippen molar-refractivity contribution in [3.05, 3.63) is 34.7 Å². The van der Waals surface area contributed by atoms with Crippen LogP contribution in [0.1, 0.15) is 18.4 Å². The Hall–Kier alpha value is -0.990. The fourth-order valence-electron chi connectivity index (χ4n) is 2.50. The summed E-state index contributed by atoms with van der Waals surface area (Å²) < 4.78 is 69.4. The zero-order chi connectivity index (χ0) is 15.5. The lowest BCUT2D eigenvalue weighted by atomic mass is 10.2. The van der Waals surface area contributed by atoms with Crippen LogP contribution in [0.4, 0.5) is 13.2 Å². The first kappa shape index (κ1) is 14.9. The van der Waals surface area contributed by atoms with Crippen LogP contribution in [-0.2, 0) is 13.7 Å². The molecule has 1 heterocycles. The summed E-state index contributed by atoms with van der Waals surface area (Å²) in [6.07, 6.45) is 3.40. The highest BCUT2D eigenvalue weighted by Gasteiger charge is 2.62. The van der Waals surface area contributed by atoms with E-state index < -0.39 is 25.9 Å². The van der Waals surface area contributed by atoms with E-state index in [4.69, 9.17) is 3.63 Å². The van der Waals surface area contributed by atoms with Gasteiger partial charge >= 0.3 is 5.51 Å². The van der Waals surface area contributed by atoms with Crippen LogP contribution in [0.25, 0.3) is 6.08 Å². The lowest BCUT2D eigenvalue weighted by molar-refractivity contribution is -0.0429. The second-order valence-corrected chi connectivity index (χ2v) is 9.57. The summed E-state index contributed by atoms with van der Waals surface area (Å²) in [5, 5.41) is 0. The van der Waals surface area contributed by atoms with Gasteiger partial charge in [-0.3, -0.25) is 0 Å². The van der Waals surface area contributed by atoms with Gasteiger partial charge in [0, 0.05) is 20.1 Å². The molecule has 0 spiro atoms. The van der Waals surface area contributed by atoms with Crippen LogP contribution in [0.3, 0.4) is 0 Å². The minimum atomic E-state index is -4.77. The van der Waals surface area contributed by atoms with Gasteiger partial charge in [0.1, 0.15) is 0 Å². The van der Waals surface area contributed by atoms with E-state index >= 15 is 0 Å². The molecule has 1 aromatic rings. The third-order valence-electron chi connectivity index (χ3n) is 3.39. The van der Waals surface area contributed by atoms with E-state index in [1.54, 1.807) is 12.1 Å². The van der Waals surface area contributed by atoms with Gasteiger partial charge in [-0.15, -0.1) is 0 Å². The highest BCUT2D eigenvalue weighted by atomic mass is 32.3. The van der Waals surface area contributed by atoms with E-state index in [1.165, 1.54) is 18.2 Å². The molecule has 0 saturated heterocycles. The molecule has 0 aromatic heterocycles. The quantitative estimate of drug-likeness (QED) is 0.836. The molecule has 1 aromatic carbocycles. The van der Waals surface area contributed by atoms with Crippen LogP contribution < -0.4 is 0 Å². The lowest BCUT2D eigenvalue weighted by Crippen LogP contribution is -2.26. The Balaban J connectivity index is 2.27. The molecular formula is C13H13F3O3S2. The number of benzene rings is 1. The minimum absolute atomic E-state index is 0.0650. The number of allylic oxidation sites excluding steroid dienone is 1. The van der Waals surface area contributed by atoms with Crippen LogP contribution in [0.15, 0.2) is 34.1 Å². The summed E-state index contributed by atoms with van der Waals surface area (Å²) in [6.45, 7) is 0. The molecule has 0 amide bonds.